The molecule has 0 fully saturated rings. The van der Waals surface area contributed by atoms with Gasteiger partial charge in [0.2, 0.25) is 11.8 Å². The number of para-hydroxylation sites is 1. The van der Waals surface area contributed by atoms with Crippen LogP contribution in [0.5, 0.6) is 5.75 Å². The van der Waals surface area contributed by atoms with Crippen molar-refractivity contribution in [2.45, 2.75) is 44.6 Å². The maximum absolute atomic E-state index is 14.5. The largest absolute Gasteiger partial charge is 0.482 e. The zero-order chi connectivity index (χ0) is 26.1. The molecule has 0 spiro atoms. The van der Waals surface area contributed by atoms with Gasteiger partial charge >= 0.3 is 0 Å². The second-order valence-electron chi connectivity index (χ2n) is 8.31. The fraction of sp³-hybridized carbons (Fsp3) is 0.333. The van der Waals surface area contributed by atoms with Crippen LogP contribution in [0, 0.1) is 9.39 Å². The van der Waals surface area contributed by atoms with Crippen molar-refractivity contribution >= 4 is 34.4 Å². The maximum atomic E-state index is 14.5. The fourth-order valence-corrected chi connectivity index (χ4v) is 4.46. The van der Waals surface area contributed by atoms with Gasteiger partial charge in [0.15, 0.2) is 0 Å². The Hall–Kier alpha value is -2.76. The highest BCUT2D eigenvalue weighted by molar-refractivity contribution is 14.1. The van der Waals surface area contributed by atoms with Crippen molar-refractivity contribution in [3.63, 3.8) is 0 Å². The molecule has 2 amide bonds. The molecule has 0 saturated carbocycles. The van der Waals surface area contributed by atoms with E-state index in [4.69, 9.17) is 9.84 Å². The smallest absolute Gasteiger partial charge is 0.247 e. The van der Waals surface area contributed by atoms with E-state index in [0.717, 1.165) is 3.57 Å². The summed E-state index contributed by atoms with van der Waals surface area (Å²) < 4.78 is 21.5. The van der Waals surface area contributed by atoms with Crippen molar-refractivity contribution in [2.75, 3.05) is 13.2 Å². The topological polar surface area (TPSA) is 99.1 Å². The number of carbonyl (C=O) groups excluding carboxylic acids is 2. The average molecular weight is 608 g/mol. The number of carbonyl (C=O) groups is 2. The van der Waals surface area contributed by atoms with E-state index in [1.165, 1.54) is 17.0 Å². The first-order valence-electron chi connectivity index (χ1n) is 11.7. The molecule has 0 aromatic heterocycles. The lowest BCUT2D eigenvalue weighted by Crippen LogP contribution is -2.54. The quantitative estimate of drug-likeness (QED) is 0.284. The SMILES string of the molecule is CCC=CC(=O)N(Cc1ccccc1F)C1CC(C(=O)NCCO)=CC(Oc2ccccc2I)C1O. The van der Waals surface area contributed by atoms with Crippen molar-refractivity contribution in [1.82, 2.24) is 10.2 Å². The van der Waals surface area contributed by atoms with E-state index in [1.807, 2.05) is 19.1 Å². The van der Waals surface area contributed by atoms with Crippen molar-refractivity contribution in [3.05, 3.63) is 87.3 Å². The molecular weight excluding hydrogens is 578 g/mol. The molecule has 3 N–H and O–H groups in total. The second-order valence-corrected chi connectivity index (χ2v) is 9.48. The molecule has 1 aliphatic rings. The molecule has 1 aliphatic carbocycles. The van der Waals surface area contributed by atoms with Gasteiger partial charge in [-0.05, 0) is 59.4 Å². The first-order chi connectivity index (χ1) is 17.3. The van der Waals surface area contributed by atoms with Crippen LogP contribution in [0.2, 0.25) is 0 Å². The molecule has 7 nitrogen and oxygen atoms in total. The number of benzene rings is 2. The number of ether oxygens (including phenoxy) is 1. The van der Waals surface area contributed by atoms with E-state index in [2.05, 4.69) is 27.9 Å². The highest BCUT2D eigenvalue weighted by Crippen LogP contribution is 2.30. The number of nitrogens with zero attached hydrogens (tertiary/aromatic N) is 1. The highest BCUT2D eigenvalue weighted by atomic mass is 127. The van der Waals surface area contributed by atoms with E-state index in [9.17, 15) is 19.1 Å². The van der Waals surface area contributed by atoms with Crippen LogP contribution in [0.25, 0.3) is 0 Å². The lowest BCUT2D eigenvalue weighted by Gasteiger charge is -2.40. The van der Waals surface area contributed by atoms with Gasteiger partial charge in [-0.25, -0.2) is 4.39 Å². The van der Waals surface area contributed by atoms with E-state index in [0.29, 0.717) is 23.3 Å². The number of allylic oxidation sites excluding steroid dienone is 1. The van der Waals surface area contributed by atoms with Crippen LogP contribution in [0.1, 0.15) is 25.3 Å². The van der Waals surface area contributed by atoms with E-state index >= 15 is 0 Å². The lowest BCUT2D eigenvalue weighted by atomic mass is 9.87. The van der Waals surface area contributed by atoms with Crippen LogP contribution in [0.15, 0.2) is 72.3 Å². The van der Waals surface area contributed by atoms with Gasteiger partial charge in [0.1, 0.15) is 23.8 Å². The summed E-state index contributed by atoms with van der Waals surface area (Å²) >= 11 is 2.11. The van der Waals surface area contributed by atoms with E-state index in [-0.39, 0.29) is 26.1 Å². The summed E-state index contributed by atoms with van der Waals surface area (Å²) in [7, 11) is 0. The Morgan fingerprint density at radius 1 is 1.22 bits per heavy atom. The lowest BCUT2D eigenvalue weighted by molar-refractivity contribution is -0.134. The number of hydrogen-bond acceptors (Lipinski definition) is 5. The van der Waals surface area contributed by atoms with Crippen LogP contribution < -0.4 is 10.1 Å². The summed E-state index contributed by atoms with van der Waals surface area (Å²) in [6.45, 7) is 1.62. The highest BCUT2D eigenvalue weighted by Gasteiger charge is 2.40. The van der Waals surface area contributed by atoms with Crippen LogP contribution in [0.4, 0.5) is 4.39 Å². The molecular formula is C27H30FIN2O5. The van der Waals surface area contributed by atoms with Crippen molar-refractivity contribution in [2.24, 2.45) is 0 Å². The fourth-order valence-electron chi connectivity index (χ4n) is 3.95. The van der Waals surface area contributed by atoms with Crippen LogP contribution >= 0.6 is 22.6 Å². The summed E-state index contributed by atoms with van der Waals surface area (Å²) in [5, 5.41) is 23.1. The molecule has 192 valence electrons. The van der Waals surface area contributed by atoms with Gasteiger partial charge < -0.3 is 25.2 Å². The number of hydrogen-bond donors (Lipinski definition) is 3. The minimum absolute atomic E-state index is 0.0321. The Morgan fingerprint density at radius 3 is 2.64 bits per heavy atom. The third-order valence-corrected chi connectivity index (χ3v) is 6.68. The van der Waals surface area contributed by atoms with Crippen LogP contribution in [-0.2, 0) is 16.1 Å². The Bertz CT molecular complexity index is 1120. The summed E-state index contributed by atoms with van der Waals surface area (Å²) in [6, 6.07) is 12.5. The zero-order valence-electron chi connectivity index (χ0n) is 19.9. The second kappa shape index (κ2) is 13.5. The van der Waals surface area contributed by atoms with Crippen LogP contribution in [-0.4, -0.2) is 58.3 Å². The molecule has 0 bridgehead atoms. The predicted molar refractivity (Wildman–Crippen MR) is 143 cm³/mol. The maximum Gasteiger partial charge on any atom is 0.247 e. The Morgan fingerprint density at radius 2 is 1.94 bits per heavy atom. The van der Waals surface area contributed by atoms with Gasteiger partial charge in [-0.2, -0.15) is 0 Å². The normalized spacial score (nSPS) is 19.6. The minimum atomic E-state index is -1.19. The van der Waals surface area contributed by atoms with Crippen molar-refractivity contribution < 1.29 is 28.9 Å². The summed E-state index contributed by atoms with van der Waals surface area (Å²) in [4.78, 5) is 27.5. The van der Waals surface area contributed by atoms with Gasteiger partial charge in [-0.15, -0.1) is 0 Å². The first-order valence-corrected chi connectivity index (χ1v) is 12.8. The molecule has 36 heavy (non-hydrogen) atoms. The molecule has 0 radical (unpaired) electrons. The molecule has 9 heteroatoms. The molecule has 3 atom stereocenters. The molecule has 2 aromatic carbocycles. The third-order valence-electron chi connectivity index (χ3n) is 5.79. The molecule has 0 aliphatic heterocycles. The van der Waals surface area contributed by atoms with Gasteiger partial charge in [-0.1, -0.05) is 43.3 Å². The molecule has 2 aromatic rings. The number of amides is 2. The number of halogens is 2. The average Bonchev–Trinajstić information content (AvgIpc) is 2.88. The first kappa shape index (κ1) is 27.8. The van der Waals surface area contributed by atoms with Gasteiger partial charge in [-0.3, -0.25) is 9.59 Å². The Labute approximate surface area is 223 Å². The van der Waals surface area contributed by atoms with E-state index in [1.54, 1.807) is 42.5 Å². The van der Waals surface area contributed by atoms with Crippen molar-refractivity contribution in [1.29, 1.82) is 0 Å². The zero-order valence-corrected chi connectivity index (χ0v) is 22.1. The van der Waals surface area contributed by atoms with Gasteiger partial charge in [0.25, 0.3) is 0 Å². The molecule has 0 saturated heterocycles. The van der Waals surface area contributed by atoms with Gasteiger partial charge in [0.05, 0.1) is 16.2 Å². The van der Waals surface area contributed by atoms with E-state index < -0.39 is 35.9 Å². The monoisotopic (exact) mass is 608 g/mol. The standard InChI is InChI=1S/C27H30FIN2O5/c1-2-3-12-25(33)31(17-18-8-4-5-9-20(18)28)22-15-19(27(35)30-13-14-32)16-24(26(22)34)36-23-11-7-6-10-21(23)29/h3-12,16,22,24,26,32,34H,2,13-15,17H2,1H3,(H,30,35). The molecule has 3 unspecified atom stereocenters. The number of rotatable bonds is 10. The van der Waals surface area contributed by atoms with Crippen molar-refractivity contribution in [3.8, 4) is 5.75 Å². The summed E-state index contributed by atoms with van der Waals surface area (Å²) in [5.74, 6) is -0.788. The summed E-state index contributed by atoms with van der Waals surface area (Å²) in [6.07, 6.45) is 3.15. The molecule has 0 heterocycles. The minimum Gasteiger partial charge on any atom is -0.482 e. The molecule has 3 rings (SSSR count). The van der Waals surface area contributed by atoms with Crippen LogP contribution in [0.3, 0.4) is 0 Å². The number of nitrogens with one attached hydrogen (secondary N) is 1. The predicted octanol–water partition coefficient (Wildman–Crippen LogP) is 3.34. The third kappa shape index (κ3) is 7.14. The number of aliphatic hydroxyl groups excluding tert-OH is 2. The summed E-state index contributed by atoms with van der Waals surface area (Å²) in [5.41, 5.74) is 0.597. The number of aliphatic hydroxyl groups is 2. The Balaban J connectivity index is 2.00. The van der Waals surface area contributed by atoms with Gasteiger partial charge in [0, 0.05) is 30.6 Å². The Kier molecular flexibility index (Phi) is 10.4.